The van der Waals surface area contributed by atoms with Crippen LogP contribution in [0.25, 0.3) is 0 Å². The van der Waals surface area contributed by atoms with E-state index in [1.165, 1.54) is 0 Å². The van der Waals surface area contributed by atoms with Crippen LogP contribution in [0.15, 0.2) is 42.5 Å². The quantitative estimate of drug-likeness (QED) is 0.839. The summed E-state index contributed by atoms with van der Waals surface area (Å²) in [6.45, 7) is 0. The number of nitrogens with one attached hydrogen (secondary N) is 1. The number of hydrogen-bond donors (Lipinski definition) is 2. The van der Waals surface area contributed by atoms with E-state index < -0.39 is 36.0 Å². The van der Waals surface area contributed by atoms with Crippen LogP contribution in [0, 0.1) is 11.6 Å². The van der Waals surface area contributed by atoms with Crippen LogP contribution in [0.1, 0.15) is 11.1 Å². The maximum absolute atomic E-state index is 13.6. The van der Waals surface area contributed by atoms with E-state index in [1.807, 2.05) is 0 Å². The molecule has 0 saturated heterocycles. The number of carbonyl (C=O) groups is 2. The van der Waals surface area contributed by atoms with Gasteiger partial charge in [0.2, 0.25) is 5.91 Å². The third-order valence-electron chi connectivity index (χ3n) is 3.38. The van der Waals surface area contributed by atoms with Crippen molar-refractivity contribution in [3.05, 3.63) is 70.2 Å². The number of halogens is 3. The number of carboxylic acids is 1. The first-order valence-electron chi connectivity index (χ1n) is 7.06. The molecule has 0 aliphatic carbocycles. The summed E-state index contributed by atoms with van der Waals surface area (Å²) < 4.78 is 26.4. The Bertz CT molecular complexity index is 767. The number of benzene rings is 2. The Hall–Kier alpha value is -2.47. The Labute approximate surface area is 142 Å². The first-order valence-corrected chi connectivity index (χ1v) is 7.44. The van der Waals surface area contributed by atoms with Gasteiger partial charge in [-0.25, -0.2) is 13.6 Å². The lowest BCUT2D eigenvalue weighted by Gasteiger charge is -2.15. The fourth-order valence-corrected chi connectivity index (χ4v) is 2.38. The summed E-state index contributed by atoms with van der Waals surface area (Å²) in [5.41, 5.74) is 0.551. The molecule has 0 unspecified atom stereocenters. The number of hydrogen-bond acceptors (Lipinski definition) is 2. The van der Waals surface area contributed by atoms with Gasteiger partial charge in [0.25, 0.3) is 0 Å². The molecular formula is C17H14ClF2NO3. The van der Waals surface area contributed by atoms with Crippen LogP contribution in [0.3, 0.4) is 0 Å². The molecule has 24 heavy (non-hydrogen) atoms. The Morgan fingerprint density at radius 1 is 1.12 bits per heavy atom. The van der Waals surface area contributed by atoms with Gasteiger partial charge in [-0.15, -0.1) is 0 Å². The molecule has 0 fully saturated rings. The molecule has 4 nitrogen and oxygen atoms in total. The fourth-order valence-electron chi connectivity index (χ4n) is 2.17. The predicted octanol–water partition coefficient (Wildman–Crippen LogP) is 2.97. The maximum atomic E-state index is 13.6. The van der Waals surface area contributed by atoms with Crippen molar-refractivity contribution in [3.8, 4) is 0 Å². The van der Waals surface area contributed by atoms with Gasteiger partial charge in [-0.2, -0.15) is 0 Å². The van der Waals surface area contributed by atoms with E-state index in [4.69, 9.17) is 11.6 Å². The van der Waals surface area contributed by atoms with Crippen molar-refractivity contribution in [2.75, 3.05) is 0 Å². The van der Waals surface area contributed by atoms with Crippen LogP contribution in [0.5, 0.6) is 0 Å². The summed E-state index contributed by atoms with van der Waals surface area (Å²) in [6, 6.07) is 8.32. The van der Waals surface area contributed by atoms with E-state index in [2.05, 4.69) is 5.32 Å². The zero-order valence-corrected chi connectivity index (χ0v) is 13.2. The molecule has 2 aromatic carbocycles. The minimum Gasteiger partial charge on any atom is -0.480 e. The lowest BCUT2D eigenvalue weighted by molar-refractivity contribution is -0.141. The van der Waals surface area contributed by atoms with Gasteiger partial charge in [-0.3, -0.25) is 4.79 Å². The zero-order chi connectivity index (χ0) is 17.7. The van der Waals surface area contributed by atoms with Gasteiger partial charge in [-0.05, 0) is 23.3 Å². The number of aliphatic carboxylic acids is 1. The average molecular weight is 354 g/mol. The molecule has 2 rings (SSSR count). The SMILES string of the molecule is O=C(Cc1ccc(F)cc1F)N[C@H](Cc1ccccc1Cl)C(=O)O. The van der Waals surface area contributed by atoms with Crippen molar-refractivity contribution in [2.24, 2.45) is 0 Å². The van der Waals surface area contributed by atoms with Gasteiger partial charge in [-0.1, -0.05) is 35.9 Å². The van der Waals surface area contributed by atoms with Gasteiger partial charge in [0.1, 0.15) is 17.7 Å². The summed E-state index contributed by atoms with van der Waals surface area (Å²) >= 11 is 5.98. The molecule has 0 aliphatic heterocycles. The minimum atomic E-state index is -1.23. The Balaban J connectivity index is 2.06. The first-order chi connectivity index (χ1) is 11.4. The highest BCUT2D eigenvalue weighted by Gasteiger charge is 2.22. The zero-order valence-electron chi connectivity index (χ0n) is 12.4. The molecule has 0 spiro atoms. The number of carboxylic acid groups (broad SMARTS) is 1. The molecule has 1 atom stereocenters. The van der Waals surface area contributed by atoms with Crippen molar-refractivity contribution >= 4 is 23.5 Å². The molecule has 0 heterocycles. The molecule has 0 saturated carbocycles. The third kappa shape index (κ3) is 4.76. The lowest BCUT2D eigenvalue weighted by Crippen LogP contribution is -2.43. The second kappa shape index (κ2) is 7.88. The van der Waals surface area contributed by atoms with E-state index in [9.17, 15) is 23.5 Å². The van der Waals surface area contributed by atoms with Crippen molar-refractivity contribution in [3.63, 3.8) is 0 Å². The smallest absolute Gasteiger partial charge is 0.326 e. The highest BCUT2D eigenvalue weighted by molar-refractivity contribution is 6.31. The molecule has 0 aromatic heterocycles. The number of amides is 1. The highest BCUT2D eigenvalue weighted by Crippen LogP contribution is 2.17. The van der Waals surface area contributed by atoms with Crippen LogP contribution in [0.4, 0.5) is 8.78 Å². The average Bonchev–Trinajstić information content (AvgIpc) is 2.51. The standard InChI is InChI=1S/C17H14ClF2NO3/c18-13-4-2-1-3-10(13)7-15(17(23)24)21-16(22)8-11-5-6-12(19)9-14(11)20/h1-6,9,15H,7-8H2,(H,21,22)(H,23,24)/t15-/m1/s1. The Morgan fingerprint density at radius 2 is 1.83 bits per heavy atom. The second-order valence-electron chi connectivity index (χ2n) is 5.17. The molecule has 1 amide bonds. The highest BCUT2D eigenvalue weighted by atomic mass is 35.5. The predicted molar refractivity (Wildman–Crippen MR) is 84.8 cm³/mol. The number of rotatable bonds is 6. The van der Waals surface area contributed by atoms with Crippen LogP contribution >= 0.6 is 11.6 Å². The third-order valence-corrected chi connectivity index (χ3v) is 3.75. The van der Waals surface area contributed by atoms with E-state index in [1.54, 1.807) is 24.3 Å². The summed E-state index contributed by atoms with van der Waals surface area (Å²) in [5, 5.41) is 12.0. The summed E-state index contributed by atoms with van der Waals surface area (Å²) in [6.07, 6.45) is -0.398. The Kier molecular flexibility index (Phi) is 5.87. The number of carbonyl (C=O) groups excluding carboxylic acids is 1. The monoisotopic (exact) mass is 353 g/mol. The van der Waals surface area contributed by atoms with Gasteiger partial charge < -0.3 is 10.4 Å². The van der Waals surface area contributed by atoms with Crippen LogP contribution in [0.2, 0.25) is 5.02 Å². The van der Waals surface area contributed by atoms with Crippen LogP contribution in [-0.4, -0.2) is 23.0 Å². The van der Waals surface area contributed by atoms with Crippen molar-refractivity contribution in [1.29, 1.82) is 0 Å². The lowest BCUT2D eigenvalue weighted by atomic mass is 10.0. The fraction of sp³-hybridized carbons (Fsp3) is 0.176. The largest absolute Gasteiger partial charge is 0.480 e. The summed E-state index contributed by atoms with van der Waals surface area (Å²) in [7, 11) is 0. The van der Waals surface area contributed by atoms with Crippen molar-refractivity contribution in [1.82, 2.24) is 5.32 Å². The van der Waals surface area contributed by atoms with Crippen LogP contribution in [-0.2, 0) is 22.4 Å². The summed E-state index contributed by atoms with van der Waals surface area (Å²) in [4.78, 5) is 23.3. The molecule has 0 bridgehead atoms. The van der Waals surface area contributed by atoms with Gasteiger partial charge in [0.05, 0.1) is 6.42 Å². The van der Waals surface area contributed by atoms with E-state index in [0.29, 0.717) is 16.7 Å². The molecular weight excluding hydrogens is 340 g/mol. The van der Waals surface area contributed by atoms with E-state index in [-0.39, 0.29) is 12.0 Å². The normalized spacial score (nSPS) is 11.8. The van der Waals surface area contributed by atoms with Gasteiger partial charge in [0, 0.05) is 17.5 Å². The minimum absolute atomic E-state index is 0.00729. The van der Waals surface area contributed by atoms with Gasteiger partial charge in [0.15, 0.2) is 0 Å². The van der Waals surface area contributed by atoms with Gasteiger partial charge >= 0.3 is 5.97 Å². The second-order valence-corrected chi connectivity index (χ2v) is 5.57. The maximum Gasteiger partial charge on any atom is 0.326 e. The molecule has 7 heteroatoms. The van der Waals surface area contributed by atoms with E-state index in [0.717, 1.165) is 12.1 Å². The molecule has 126 valence electrons. The molecule has 0 aliphatic rings. The Morgan fingerprint density at radius 3 is 2.46 bits per heavy atom. The summed E-state index contributed by atoms with van der Waals surface area (Å²) in [5.74, 6) is -3.52. The van der Waals surface area contributed by atoms with Crippen LogP contribution < -0.4 is 5.32 Å². The van der Waals surface area contributed by atoms with E-state index >= 15 is 0 Å². The first kappa shape index (κ1) is 17.9. The molecule has 0 radical (unpaired) electrons. The van der Waals surface area contributed by atoms with Crippen molar-refractivity contribution in [2.45, 2.75) is 18.9 Å². The topological polar surface area (TPSA) is 66.4 Å². The molecule has 2 N–H and O–H groups in total. The van der Waals surface area contributed by atoms with Crippen molar-refractivity contribution < 1.29 is 23.5 Å². The molecule has 2 aromatic rings.